The van der Waals surface area contributed by atoms with Crippen molar-refractivity contribution in [2.45, 2.75) is 26.7 Å². The fourth-order valence-electron chi connectivity index (χ4n) is 2.47. The quantitative estimate of drug-likeness (QED) is 0.831. The van der Waals surface area contributed by atoms with Crippen LogP contribution in [0.3, 0.4) is 0 Å². The highest BCUT2D eigenvalue weighted by molar-refractivity contribution is 5.47. The van der Waals surface area contributed by atoms with Crippen molar-refractivity contribution in [3.05, 3.63) is 58.4 Å². The summed E-state index contributed by atoms with van der Waals surface area (Å²) in [7, 11) is 0. The maximum absolute atomic E-state index is 9.41. The Morgan fingerprint density at radius 3 is 2.29 bits per heavy atom. The van der Waals surface area contributed by atoms with E-state index in [1.807, 2.05) is 18.5 Å². The average Bonchev–Trinajstić information content (AvgIpc) is 2.76. The van der Waals surface area contributed by atoms with Crippen LogP contribution in [-0.4, -0.2) is 4.98 Å². The molecule has 0 radical (unpaired) electrons. The van der Waals surface area contributed by atoms with E-state index in [2.05, 4.69) is 44.0 Å². The summed E-state index contributed by atoms with van der Waals surface area (Å²) in [5.74, 6) is -0.179. The normalized spacial score (nSPS) is 12.1. The molecule has 0 saturated carbocycles. The number of hydrogen-bond acceptors (Lipinski definition) is 1. The molecule has 0 bridgehead atoms. The van der Waals surface area contributed by atoms with E-state index >= 15 is 0 Å². The van der Waals surface area contributed by atoms with Crippen LogP contribution in [0.1, 0.15) is 33.7 Å². The highest BCUT2D eigenvalue weighted by atomic mass is 14.6. The van der Waals surface area contributed by atoms with Crippen LogP contribution in [0.5, 0.6) is 0 Å². The number of aromatic amines is 1. The van der Waals surface area contributed by atoms with Crippen molar-refractivity contribution in [3.63, 3.8) is 0 Å². The average molecular weight is 224 g/mol. The zero-order valence-electron chi connectivity index (χ0n) is 10.4. The second kappa shape index (κ2) is 4.47. The van der Waals surface area contributed by atoms with Gasteiger partial charge in [0.05, 0.1) is 12.0 Å². The molecule has 0 aliphatic heterocycles. The van der Waals surface area contributed by atoms with Crippen LogP contribution in [0, 0.1) is 32.1 Å². The van der Waals surface area contributed by atoms with Crippen molar-refractivity contribution in [3.8, 4) is 6.07 Å². The van der Waals surface area contributed by atoms with Gasteiger partial charge in [-0.25, -0.2) is 0 Å². The van der Waals surface area contributed by atoms with E-state index in [1.54, 1.807) is 0 Å². The molecule has 17 heavy (non-hydrogen) atoms. The maximum Gasteiger partial charge on any atom is 0.0982 e. The smallest absolute Gasteiger partial charge is 0.0982 e. The minimum Gasteiger partial charge on any atom is -0.367 e. The minimum atomic E-state index is -0.179. The van der Waals surface area contributed by atoms with E-state index in [-0.39, 0.29) is 5.92 Å². The van der Waals surface area contributed by atoms with Gasteiger partial charge in [-0.2, -0.15) is 5.26 Å². The first-order valence-electron chi connectivity index (χ1n) is 5.73. The third-order valence-electron chi connectivity index (χ3n) is 3.11. The number of rotatable bonds is 2. The van der Waals surface area contributed by atoms with Crippen molar-refractivity contribution < 1.29 is 0 Å². The highest BCUT2D eigenvalue weighted by Crippen LogP contribution is 2.30. The van der Waals surface area contributed by atoms with Crippen LogP contribution >= 0.6 is 0 Å². The van der Waals surface area contributed by atoms with Gasteiger partial charge in [-0.05, 0) is 49.1 Å². The zero-order valence-corrected chi connectivity index (χ0v) is 10.4. The number of aromatic nitrogens is 1. The minimum absolute atomic E-state index is 0.179. The summed E-state index contributed by atoms with van der Waals surface area (Å²) in [6.45, 7) is 6.24. The van der Waals surface area contributed by atoms with Crippen LogP contribution in [0.2, 0.25) is 0 Å². The first-order chi connectivity index (χ1) is 8.13. The molecule has 0 saturated heterocycles. The molecular formula is C15H16N2. The standard InChI is InChI=1S/C15H16N2/c1-10-6-11(2)15(12(3)7-10)14(8-16)13-4-5-17-9-13/h4-7,9,14,17H,1-3H3. The molecule has 1 aromatic carbocycles. The molecule has 1 aromatic heterocycles. The monoisotopic (exact) mass is 224 g/mol. The Morgan fingerprint density at radius 2 is 1.82 bits per heavy atom. The predicted octanol–water partition coefficient (Wildman–Crippen LogP) is 3.60. The fraction of sp³-hybridized carbons (Fsp3) is 0.267. The topological polar surface area (TPSA) is 39.6 Å². The molecule has 1 heterocycles. The zero-order chi connectivity index (χ0) is 12.4. The molecule has 2 nitrogen and oxygen atoms in total. The maximum atomic E-state index is 9.41. The van der Waals surface area contributed by atoms with E-state index < -0.39 is 0 Å². The third kappa shape index (κ3) is 2.09. The van der Waals surface area contributed by atoms with E-state index in [1.165, 1.54) is 16.7 Å². The summed E-state index contributed by atoms with van der Waals surface area (Å²) < 4.78 is 0. The summed E-state index contributed by atoms with van der Waals surface area (Å²) in [5, 5.41) is 9.41. The Morgan fingerprint density at radius 1 is 1.18 bits per heavy atom. The molecule has 1 atom stereocenters. The number of nitrogens with one attached hydrogen (secondary N) is 1. The first kappa shape index (κ1) is 11.5. The van der Waals surface area contributed by atoms with Gasteiger partial charge in [0.1, 0.15) is 0 Å². The lowest BCUT2D eigenvalue weighted by atomic mass is 9.87. The van der Waals surface area contributed by atoms with Crippen molar-refractivity contribution in [2.24, 2.45) is 0 Å². The summed E-state index contributed by atoms with van der Waals surface area (Å²) >= 11 is 0. The Hall–Kier alpha value is -2.01. The van der Waals surface area contributed by atoms with Crippen molar-refractivity contribution >= 4 is 0 Å². The Bertz CT molecular complexity index is 536. The Kier molecular flexibility index (Phi) is 3.01. The number of hydrogen-bond donors (Lipinski definition) is 1. The predicted molar refractivity (Wildman–Crippen MR) is 68.9 cm³/mol. The van der Waals surface area contributed by atoms with Gasteiger partial charge in [0, 0.05) is 12.4 Å². The van der Waals surface area contributed by atoms with Crippen LogP contribution in [0.4, 0.5) is 0 Å². The summed E-state index contributed by atoms with van der Waals surface area (Å²) in [6, 6.07) is 8.64. The lowest BCUT2D eigenvalue weighted by molar-refractivity contribution is 0.998. The van der Waals surface area contributed by atoms with Gasteiger partial charge in [0.15, 0.2) is 0 Å². The molecule has 0 amide bonds. The van der Waals surface area contributed by atoms with Gasteiger partial charge in [-0.1, -0.05) is 17.7 Å². The number of H-pyrrole nitrogens is 1. The molecule has 0 aliphatic carbocycles. The lowest BCUT2D eigenvalue weighted by Gasteiger charge is -2.15. The molecule has 2 aromatic rings. The van der Waals surface area contributed by atoms with Crippen molar-refractivity contribution in [1.29, 1.82) is 5.26 Å². The van der Waals surface area contributed by atoms with Gasteiger partial charge in [-0.15, -0.1) is 0 Å². The van der Waals surface area contributed by atoms with Crippen LogP contribution < -0.4 is 0 Å². The molecule has 1 N–H and O–H groups in total. The Labute approximate surface area is 102 Å². The number of nitriles is 1. The van der Waals surface area contributed by atoms with E-state index in [0.29, 0.717) is 0 Å². The molecule has 1 unspecified atom stereocenters. The largest absolute Gasteiger partial charge is 0.367 e. The van der Waals surface area contributed by atoms with Crippen molar-refractivity contribution in [2.75, 3.05) is 0 Å². The van der Waals surface area contributed by atoms with Crippen LogP contribution in [0.25, 0.3) is 0 Å². The molecule has 0 fully saturated rings. The van der Waals surface area contributed by atoms with Gasteiger partial charge in [0.25, 0.3) is 0 Å². The van der Waals surface area contributed by atoms with Gasteiger partial charge < -0.3 is 4.98 Å². The number of nitrogens with zero attached hydrogens (tertiary/aromatic N) is 1. The second-order valence-corrected chi connectivity index (χ2v) is 4.52. The first-order valence-corrected chi connectivity index (χ1v) is 5.73. The number of aryl methyl sites for hydroxylation is 3. The lowest BCUT2D eigenvalue weighted by Crippen LogP contribution is -2.03. The number of benzene rings is 1. The SMILES string of the molecule is Cc1cc(C)c(C(C#N)c2cc[nH]c2)c(C)c1. The van der Waals surface area contributed by atoms with Crippen LogP contribution in [0.15, 0.2) is 30.6 Å². The van der Waals surface area contributed by atoms with Gasteiger partial charge in [-0.3, -0.25) is 0 Å². The van der Waals surface area contributed by atoms with Gasteiger partial charge >= 0.3 is 0 Å². The van der Waals surface area contributed by atoms with E-state index in [4.69, 9.17) is 0 Å². The molecule has 2 rings (SSSR count). The van der Waals surface area contributed by atoms with Crippen molar-refractivity contribution in [1.82, 2.24) is 4.98 Å². The second-order valence-electron chi connectivity index (χ2n) is 4.52. The third-order valence-corrected chi connectivity index (χ3v) is 3.11. The molecule has 86 valence electrons. The summed E-state index contributed by atoms with van der Waals surface area (Å²) in [4.78, 5) is 3.01. The molecule has 0 spiro atoms. The molecule has 2 heteroatoms. The molecule has 0 aliphatic rings. The van der Waals surface area contributed by atoms with Gasteiger partial charge in [0.2, 0.25) is 0 Å². The Balaban J connectivity index is 2.57. The fourth-order valence-corrected chi connectivity index (χ4v) is 2.47. The summed E-state index contributed by atoms with van der Waals surface area (Å²) in [6.07, 6.45) is 3.76. The van der Waals surface area contributed by atoms with Crippen LogP contribution in [-0.2, 0) is 0 Å². The summed E-state index contributed by atoms with van der Waals surface area (Å²) in [5.41, 5.74) is 5.79. The van der Waals surface area contributed by atoms with E-state index in [9.17, 15) is 5.26 Å². The molecular weight excluding hydrogens is 208 g/mol. The van der Waals surface area contributed by atoms with E-state index in [0.717, 1.165) is 11.1 Å². The highest BCUT2D eigenvalue weighted by Gasteiger charge is 2.18.